The molecule has 0 aliphatic heterocycles. The Morgan fingerprint density at radius 1 is 0.523 bits per heavy atom. The Bertz CT molecular complexity index is 1740. The zero-order chi connectivity index (χ0) is 31.4. The van der Waals surface area contributed by atoms with Crippen LogP contribution in [0.5, 0.6) is 5.75 Å². The van der Waals surface area contributed by atoms with Crippen LogP contribution in [0.3, 0.4) is 0 Å². The molecular formula is C36H27F7O. The predicted molar refractivity (Wildman–Crippen MR) is 157 cm³/mol. The SMILES string of the molecule is CCCCCc1ccc(-c2ccc(-c3ccc(C(F)(F)Oc4cc(F)c(-c5ccc(F)c(F)c5)c(F)c4)c(F)c3)cc2)cc1. The highest BCUT2D eigenvalue weighted by atomic mass is 19.3. The predicted octanol–water partition coefficient (Wildman–Crippen LogP) is 11.2. The molecule has 0 aromatic heterocycles. The first-order valence-corrected chi connectivity index (χ1v) is 14.1. The first-order valence-electron chi connectivity index (χ1n) is 14.1. The Kier molecular flexibility index (Phi) is 9.09. The highest BCUT2D eigenvalue weighted by molar-refractivity contribution is 5.71. The van der Waals surface area contributed by atoms with Gasteiger partial charge in [-0.3, -0.25) is 0 Å². The molecule has 0 spiro atoms. The van der Waals surface area contributed by atoms with Gasteiger partial charge in [0.15, 0.2) is 11.6 Å². The summed E-state index contributed by atoms with van der Waals surface area (Å²) in [5.41, 5.74) is 1.92. The van der Waals surface area contributed by atoms with Crippen molar-refractivity contribution < 1.29 is 35.5 Å². The maximum Gasteiger partial charge on any atom is 0.429 e. The second-order valence-corrected chi connectivity index (χ2v) is 10.4. The van der Waals surface area contributed by atoms with Crippen molar-refractivity contribution in [3.63, 3.8) is 0 Å². The lowest BCUT2D eigenvalue weighted by molar-refractivity contribution is -0.187. The fourth-order valence-electron chi connectivity index (χ4n) is 4.97. The molecule has 5 aromatic rings. The maximum absolute atomic E-state index is 15.0. The van der Waals surface area contributed by atoms with Gasteiger partial charge >= 0.3 is 6.11 Å². The molecule has 0 unspecified atom stereocenters. The summed E-state index contributed by atoms with van der Waals surface area (Å²) in [6, 6.07) is 21.7. The van der Waals surface area contributed by atoms with E-state index >= 15 is 0 Å². The zero-order valence-electron chi connectivity index (χ0n) is 23.6. The number of unbranched alkanes of at least 4 members (excludes halogenated alkanes) is 2. The quantitative estimate of drug-likeness (QED) is 0.113. The van der Waals surface area contributed by atoms with E-state index < -0.39 is 52.1 Å². The Labute approximate surface area is 250 Å². The fourth-order valence-corrected chi connectivity index (χ4v) is 4.97. The number of hydrogen-bond acceptors (Lipinski definition) is 1. The number of ether oxygens (including phenoxy) is 1. The van der Waals surface area contributed by atoms with E-state index in [0.29, 0.717) is 35.4 Å². The Hall–Kier alpha value is -4.59. The van der Waals surface area contributed by atoms with E-state index in [9.17, 15) is 30.7 Å². The van der Waals surface area contributed by atoms with Crippen molar-refractivity contribution in [2.75, 3.05) is 0 Å². The molecule has 0 saturated heterocycles. The largest absolute Gasteiger partial charge is 0.429 e. The molecule has 0 radical (unpaired) electrons. The third kappa shape index (κ3) is 6.80. The van der Waals surface area contributed by atoms with Gasteiger partial charge in [0.2, 0.25) is 0 Å². The molecule has 0 amide bonds. The van der Waals surface area contributed by atoms with Gasteiger partial charge in [0.25, 0.3) is 0 Å². The van der Waals surface area contributed by atoms with Gasteiger partial charge in [-0.25, -0.2) is 22.0 Å². The average Bonchev–Trinajstić information content (AvgIpc) is 2.99. The molecule has 8 heteroatoms. The normalized spacial score (nSPS) is 11.5. The molecule has 226 valence electrons. The van der Waals surface area contributed by atoms with Gasteiger partial charge in [0.05, 0.1) is 11.1 Å². The molecule has 0 N–H and O–H groups in total. The molecule has 0 bridgehead atoms. The van der Waals surface area contributed by atoms with Crippen molar-refractivity contribution in [2.45, 2.75) is 38.7 Å². The van der Waals surface area contributed by atoms with Crippen LogP contribution in [0.2, 0.25) is 0 Å². The lowest BCUT2D eigenvalue weighted by atomic mass is 9.98. The van der Waals surface area contributed by atoms with Crippen LogP contribution in [0.25, 0.3) is 33.4 Å². The summed E-state index contributed by atoms with van der Waals surface area (Å²) < 4.78 is 106. The molecule has 0 aliphatic rings. The van der Waals surface area contributed by atoms with E-state index in [4.69, 9.17) is 0 Å². The standard InChI is InChI=1S/C36H27F7O/c1-2-3-4-5-22-6-8-23(9-7-22)24-10-12-25(13-11-24)26-14-16-29(31(38)18-26)36(42,43)44-28-20-33(40)35(34(41)21-28)27-15-17-30(37)32(39)19-27/h6-21H,2-5H2,1H3. The van der Waals surface area contributed by atoms with Gasteiger partial charge in [0, 0.05) is 12.1 Å². The van der Waals surface area contributed by atoms with Gasteiger partial charge in [-0.05, 0) is 70.5 Å². The number of rotatable bonds is 10. The van der Waals surface area contributed by atoms with Gasteiger partial charge in [0.1, 0.15) is 23.2 Å². The van der Waals surface area contributed by atoms with Crippen molar-refractivity contribution >= 4 is 0 Å². The van der Waals surface area contributed by atoms with E-state index in [0.717, 1.165) is 48.6 Å². The summed E-state index contributed by atoms with van der Waals surface area (Å²) >= 11 is 0. The lowest BCUT2D eigenvalue weighted by Gasteiger charge is -2.20. The van der Waals surface area contributed by atoms with E-state index in [-0.39, 0.29) is 5.56 Å². The first-order chi connectivity index (χ1) is 21.1. The zero-order valence-corrected chi connectivity index (χ0v) is 23.6. The van der Waals surface area contributed by atoms with Crippen molar-refractivity contribution in [3.05, 3.63) is 137 Å². The van der Waals surface area contributed by atoms with Crippen LogP contribution in [0.1, 0.15) is 37.3 Å². The van der Waals surface area contributed by atoms with Crippen LogP contribution in [-0.4, -0.2) is 0 Å². The van der Waals surface area contributed by atoms with E-state index in [1.807, 2.05) is 24.3 Å². The minimum absolute atomic E-state index is 0.341. The molecule has 5 aromatic carbocycles. The monoisotopic (exact) mass is 608 g/mol. The van der Waals surface area contributed by atoms with Gasteiger partial charge in [-0.15, -0.1) is 0 Å². The van der Waals surface area contributed by atoms with Crippen LogP contribution >= 0.6 is 0 Å². The molecule has 44 heavy (non-hydrogen) atoms. The molecule has 0 fully saturated rings. The summed E-state index contributed by atoms with van der Waals surface area (Å²) in [6.45, 7) is 2.16. The van der Waals surface area contributed by atoms with Crippen LogP contribution < -0.4 is 4.74 Å². The van der Waals surface area contributed by atoms with Crippen molar-refractivity contribution in [3.8, 4) is 39.1 Å². The minimum atomic E-state index is -4.29. The summed E-state index contributed by atoms with van der Waals surface area (Å²) in [6.07, 6.45) is 0.226. The molecule has 0 aliphatic carbocycles. The van der Waals surface area contributed by atoms with Crippen LogP contribution in [0, 0.1) is 29.1 Å². The second-order valence-electron chi connectivity index (χ2n) is 10.4. The number of benzene rings is 5. The van der Waals surface area contributed by atoms with Crippen molar-refractivity contribution in [1.82, 2.24) is 0 Å². The smallest absolute Gasteiger partial charge is 0.429 e. The third-order valence-electron chi connectivity index (χ3n) is 7.33. The molecule has 0 saturated carbocycles. The molecule has 0 heterocycles. The number of alkyl halides is 2. The summed E-state index contributed by atoms with van der Waals surface area (Å²) in [5, 5.41) is 0. The molecular weight excluding hydrogens is 581 g/mol. The van der Waals surface area contributed by atoms with Gasteiger partial charge < -0.3 is 4.74 Å². The topological polar surface area (TPSA) is 9.23 Å². The van der Waals surface area contributed by atoms with Gasteiger partial charge in [-0.1, -0.05) is 80.4 Å². The Balaban J connectivity index is 1.31. The minimum Gasteiger partial charge on any atom is -0.429 e. The average molecular weight is 609 g/mol. The number of halogens is 7. The Morgan fingerprint density at radius 2 is 1.05 bits per heavy atom. The van der Waals surface area contributed by atoms with E-state index in [1.54, 1.807) is 12.1 Å². The maximum atomic E-state index is 15.0. The summed E-state index contributed by atoms with van der Waals surface area (Å²) in [5.74, 6) is -7.49. The van der Waals surface area contributed by atoms with E-state index in [2.05, 4.69) is 23.8 Å². The fraction of sp³-hybridized carbons (Fsp3) is 0.167. The van der Waals surface area contributed by atoms with Crippen molar-refractivity contribution in [2.24, 2.45) is 0 Å². The molecule has 5 rings (SSSR count). The van der Waals surface area contributed by atoms with Crippen LogP contribution in [-0.2, 0) is 12.5 Å². The number of aryl methyl sites for hydroxylation is 1. The lowest BCUT2D eigenvalue weighted by Crippen LogP contribution is -2.23. The second kappa shape index (κ2) is 13.0. The van der Waals surface area contributed by atoms with Crippen LogP contribution in [0.4, 0.5) is 30.7 Å². The van der Waals surface area contributed by atoms with Crippen molar-refractivity contribution in [1.29, 1.82) is 0 Å². The van der Waals surface area contributed by atoms with Crippen LogP contribution in [0.15, 0.2) is 97.1 Å². The molecule has 0 atom stereocenters. The summed E-state index contributed by atoms with van der Waals surface area (Å²) in [4.78, 5) is 0. The highest BCUT2D eigenvalue weighted by Crippen LogP contribution is 2.38. The number of hydrogen-bond donors (Lipinski definition) is 0. The third-order valence-corrected chi connectivity index (χ3v) is 7.33. The van der Waals surface area contributed by atoms with E-state index in [1.165, 1.54) is 18.1 Å². The first kappa shape index (κ1) is 30.9. The molecule has 1 nitrogen and oxygen atoms in total. The van der Waals surface area contributed by atoms with Gasteiger partial charge in [-0.2, -0.15) is 8.78 Å². The highest BCUT2D eigenvalue weighted by Gasteiger charge is 2.38. The Morgan fingerprint density at radius 3 is 1.61 bits per heavy atom. The summed E-state index contributed by atoms with van der Waals surface area (Å²) in [7, 11) is 0.